The number of nitrogens with one attached hydrogen (secondary N) is 1. The second-order valence-electron chi connectivity index (χ2n) is 13.5. The number of anilines is 2. The lowest BCUT2D eigenvalue weighted by Gasteiger charge is -2.34. The van der Waals surface area contributed by atoms with Crippen molar-refractivity contribution in [1.29, 1.82) is 0 Å². The molecule has 0 radical (unpaired) electrons. The maximum atomic E-state index is 12.4. The van der Waals surface area contributed by atoms with Crippen molar-refractivity contribution < 1.29 is 23.8 Å². The van der Waals surface area contributed by atoms with Gasteiger partial charge in [0.05, 0.1) is 38.3 Å². The fraction of sp³-hybridized carbons (Fsp3) is 0.293. The van der Waals surface area contributed by atoms with Gasteiger partial charge in [-0.25, -0.2) is 15.1 Å². The van der Waals surface area contributed by atoms with Crippen molar-refractivity contribution in [3.8, 4) is 34.0 Å². The van der Waals surface area contributed by atoms with Gasteiger partial charge in [-0.2, -0.15) is 4.98 Å². The molecular formula is C41H44ClN11O5. The second kappa shape index (κ2) is 18.2. The van der Waals surface area contributed by atoms with Gasteiger partial charge in [-0.15, -0.1) is 5.10 Å². The smallest absolute Gasteiger partial charge is 0.289 e. The van der Waals surface area contributed by atoms with Crippen LogP contribution in [0, 0.1) is 0 Å². The SMILES string of the molecule is CCCCc1nc(Cl)c(CO)n1Cc1ccc(-c2ccccc2-c2nnn[nH]2)cc1.COc1cc2nc(N3CCN(C(=O)c4ccco4)CC3)nc(N)c2cc1OC. The van der Waals surface area contributed by atoms with E-state index in [1.165, 1.54) is 6.26 Å². The average molecular weight is 806 g/mol. The van der Waals surface area contributed by atoms with Crippen molar-refractivity contribution in [2.75, 3.05) is 51.0 Å². The van der Waals surface area contributed by atoms with Crippen LogP contribution in [0.15, 0.2) is 83.5 Å². The third-order valence-corrected chi connectivity index (χ3v) is 10.2. The number of aromatic amines is 1. The molecule has 1 aliphatic rings. The Hall–Kier alpha value is -6.52. The third kappa shape index (κ3) is 8.57. The number of imidazole rings is 1. The number of piperazine rings is 1. The van der Waals surface area contributed by atoms with E-state index in [1.54, 1.807) is 43.4 Å². The number of methoxy groups -OCH3 is 2. The highest BCUT2D eigenvalue weighted by Crippen LogP contribution is 2.34. The van der Waals surface area contributed by atoms with E-state index in [1.807, 2.05) is 27.7 Å². The van der Waals surface area contributed by atoms with Gasteiger partial charge in [0.15, 0.2) is 28.2 Å². The van der Waals surface area contributed by atoms with Crippen LogP contribution in [-0.2, 0) is 19.6 Å². The third-order valence-electron chi connectivity index (χ3n) is 9.94. The van der Waals surface area contributed by atoms with E-state index >= 15 is 0 Å². The summed E-state index contributed by atoms with van der Waals surface area (Å²) in [6.45, 7) is 4.93. The van der Waals surface area contributed by atoms with Crippen molar-refractivity contribution in [3.63, 3.8) is 0 Å². The van der Waals surface area contributed by atoms with Crippen molar-refractivity contribution in [3.05, 3.63) is 107 Å². The molecule has 0 atom stereocenters. The number of nitrogens with zero attached hydrogens (tertiary/aromatic N) is 9. The molecule has 0 bridgehead atoms. The number of fused-ring (bicyclic) bond motifs is 1. The lowest BCUT2D eigenvalue weighted by molar-refractivity contribution is 0.0714. The summed E-state index contributed by atoms with van der Waals surface area (Å²) in [7, 11) is 3.14. The van der Waals surface area contributed by atoms with Gasteiger partial charge in [0, 0.05) is 56.2 Å². The first-order valence-corrected chi connectivity index (χ1v) is 19.2. The number of aliphatic hydroxyl groups excluding tert-OH is 1. The minimum atomic E-state index is -0.130. The molecule has 0 aliphatic carbocycles. The van der Waals surface area contributed by atoms with E-state index in [0.717, 1.165) is 47.3 Å². The molecule has 1 saturated heterocycles. The van der Waals surface area contributed by atoms with Gasteiger partial charge in [0.2, 0.25) is 5.95 Å². The fourth-order valence-corrected chi connectivity index (χ4v) is 7.09. The highest BCUT2D eigenvalue weighted by atomic mass is 35.5. The maximum absolute atomic E-state index is 12.4. The molecule has 5 heterocycles. The van der Waals surface area contributed by atoms with Crippen LogP contribution >= 0.6 is 11.6 Å². The fourth-order valence-electron chi connectivity index (χ4n) is 6.83. The number of nitrogen functional groups attached to an aromatic ring is 1. The van der Waals surface area contributed by atoms with E-state index in [0.29, 0.717) is 89.3 Å². The Morgan fingerprint density at radius 1 is 0.948 bits per heavy atom. The number of aromatic nitrogens is 8. The summed E-state index contributed by atoms with van der Waals surface area (Å²) >= 11 is 6.26. The second-order valence-corrected chi connectivity index (χ2v) is 13.9. The zero-order valence-corrected chi connectivity index (χ0v) is 33.2. The number of hydrogen-bond donors (Lipinski definition) is 3. The Kier molecular flexibility index (Phi) is 12.4. The summed E-state index contributed by atoms with van der Waals surface area (Å²) < 4.78 is 17.9. The number of aryl methyl sites for hydroxylation is 1. The number of aliphatic hydroxyl groups is 1. The first-order valence-electron chi connectivity index (χ1n) is 18.9. The number of halogens is 1. The Morgan fingerprint density at radius 2 is 1.69 bits per heavy atom. The molecule has 4 N–H and O–H groups in total. The van der Waals surface area contributed by atoms with Gasteiger partial charge in [0.1, 0.15) is 11.6 Å². The number of amides is 1. The Balaban J connectivity index is 0.000000177. The average Bonchev–Trinajstić information content (AvgIpc) is 4.06. The number of unbranched alkanes of at least 4 members (excludes halogenated alkanes) is 1. The number of furan rings is 1. The predicted molar refractivity (Wildman–Crippen MR) is 220 cm³/mol. The number of nitrogens with two attached hydrogens (primary N) is 1. The molecule has 16 nitrogen and oxygen atoms in total. The summed E-state index contributed by atoms with van der Waals surface area (Å²) in [6.07, 6.45) is 4.45. The van der Waals surface area contributed by atoms with Crippen LogP contribution in [-0.4, -0.2) is 96.5 Å². The maximum Gasteiger partial charge on any atom is 0.289 e. The summed E-state index contributed by atoms with van der Waals surface area (Å²) in [5.41, 5.74) is 11.7. The lowest BCUT2D eigenvalue weighted by atomic mass is 9.98. The van der Waals surface area contributed by atoms with Crippen molar-refractivity contribution >= 4 is 40.2 Å². The first kappa shape index (κ1) is 39.7. The van der Waals surface area contributed by atoms with Gasteiger partial charge >= 0.3 is 0 Å². The molecule has 1 amide bonds. The van der Waals surface area contributed by atoms with Crippen LogP contribution in [0.25, 0.3) is 33.4 Å². The molecular weight excluding hydrogens is 762 g/mol. The van der Waals surface area contributed by atoms with E-state index in [9.17, 15) is 9.90 Å². The molecule has 3 aromatic carbocycles. The van der Waals surface area contributed by atoms with Crippen LogP contribution < -0.4 is 20.1 Å². The van der Waals surface area contributed by atoms with Crippen LogP contribution in [0.5, 0.6) is 11.5 Å². The van der Waals surface area contributed by atoms with Gasteiger partial charge in [-0.05, 0) is 51.7 Å². The molecule has 300 valence electrons. The van der Waals surface area contributed by atoms with E-state index in [2.05, 4.69) is 72.8 Å². The standard InChI is InChI=1S/C22H23ClN6O.C19H21N5O4/c1-2-3-8-20-24-21(23)19(14-30)29(20)13-15-9-11-16(12-10-15)17-6-4-5-7-18(17)22-25-27-28-26-22;1-26-15-10-12-13(11-16(15)27-2)21-19(22-17(12)20)24-7-5-23(6-8-24)18(25)14-4-3-9-28-14/h4-7,9-12,30H,2-3,8,13-14H2,1H3,(H,25,26,27,28);3-4,9-11H,5-8H2,1-2H3,(H2,20,21,22). The molecule has 1 aliphatic heterocycles. The normalized spacial score (nSPS) is 12.7. The van der Waals surface area contributed by atoms with E-state index < -0.39 is 0 Å². The topological polar surface area (TPSA) is 199 Å². The monoisotopic (exact) mass is 805 g/mol. The lowest BCUT2D eigenvalue weighted by Crippen LogP contribution is -2.49. The zero-order chi connectivity index (χ0) is 40.6. The van der Waals surface area contributed by atoms with Crippen LogP contribution in [0.4, 0.5) is 11.8 Å². The van der Waals surface area contributed by atoms with Gasteiger partial charge in [-0.3, -0.25) is 4.79 Å². The van der Waals surface area contributed by atoms with Gasteiger partial charge in [-0.1, -0.05) is 73.5 Å². The van der Waals surface area contributed by atoms with Gasteiger partial charge < -0.3 is 39.1 Å². The number of benzene rings is 3. The summed E-state index contributed by atoms with van der Waals surface area (Å²) in [5, 5.41) is 25.1. The van der Waals surface area contributed by atoms with Crippen molar-refractivity contribution in [1.82, 2.24) is 45.0 Å². The Morgan fingerprint density at radius 3 is 2.34 bits per heavy atom. The number of carbonyl (C=O) groups is 1. The predicted octanol–water partition coefficient (Wildman–Crippen LogP) is 6.05. The summed E-state index contributed by atoms with van der Waals surface area (Å²) in [6, 6.07) is 23.3. The number of hydrogen-bond acceptors (Lipinski definition) is 13. The van der Waals surface area contributed by atoms with Gasteiger partial charge in [0.25, 0.3) is 5.91 Å². The largest absolute Gasteiger partial charge is 0.493 e. The molecule has 0 unspecified atom stereocenters. The Bertz CT molecular complexity index is 2450. The van der Waals surface area contributed by atoms with Crippen molar-refractivity contribution in [2.24, 2.45) is 0 Å². The molecule has 0 saturated carbocycles. The summed E-state index contributed by atoms with van der Waals surface area (Å²) in [4.78, 5) is 29.7. The quantitative estimate of drug-likeness (QED) is 0.129. The molecule has 58 heavy (non-hydrogen) atoms. The minimum Gasteiger partial charge on any atom is -0.493 e. The molecule has 7 aromatic rings. The molecule has 17 heteroatoms. The molecule has 0 spiro atoms. The van der Waals surface area contributed by atoms with E-state index in [4.69, 9.17) is 31.2 Å². The van der Waals surface area contributed by atoms with Crippen LogP contribution in [0.2, 0.25) is 5.15 Å². The number of rotatable bonds is 12. The van der Waals surface area contributed by atoms with Crippen LogP contribution in [0.3, 0.4) is 0 Å². The number of ether oxygens (including phenoxy) is 2. The number of H-pyrrole nitrogens is 1. The van der Waals surface area contributed by atoms with Crippen LogP contribution in [0.1, 0.15) is 47.4 Å². The highest BCUT2D eigenvalue weighted by Gasteiger charge is 2.26. The summed E-state index contributed by atoms with van der Waals surface area (Å²) in [5.74, 6) is 3.84. The molecule has 4 aromatic heterocycles. The van der Waals surface area contributed by atoms with Crippen molar-refractivity contribution in [2.45, 2.75) is 39.3 Å². The zero-order valence-electron chi connectivity index (χ0n) is 32.4. The van der Waals surface area contributed by atoms with E-state index in [-0.39, 0.29) is 12.5 Å². The highest BCUT2D eigenvalue weighted by molar-refractivity contribution is 6.30. The molecule has 1 fully saturated rings. The number of tetrazole rings is 1. The minimum absolute atomic E-state index is 0.111. The Labute approximate surface area is 339 Å². The first-order chi connectivity index (χ1) is 28.3. The molecule has 8 rings (SSSR count). The number of carbonyl (C=O) groups excluding carboxylic acids is 1.